The van der Waals surface area contributed by atoms with Crippen LogP contribution in [0.1, 0.15) is 52.2 Å². The van der Waals surface area contributed by atoms with Crippen LogP contribution in [0.3, 0.4) is 0 Å². The van der Waals surface area contributed by atoms with Crippen molar-refractivity contribution in [1.82, 2.24) is 15.6 Å². The van der Waals surface area contributed by atoms with Gasteiger partial charge in [0.05, 0.1) is 0 Å². The van der Waals surface area contributed by atoms with E-state index in [-0.39, 0.29) is 5.91 Å². The van der Waals surface area contributed by atoms with Gasteiger partial charge in [0.2, 0.25) is 5.91 Å². The molecule has 7 nitrogen and oxygen atoms in total. The van der Waals surface area contributed by atoms with E-state index in [1.165, 1.54) is 0 Å². The molecule has 1 aromatic heterocycles. The summed E-state index contributed by atoms with van der Waals surface area (Å²) in [5.41, 5.74) is 1.29. The minimum atomic E-state index is -0.736. The van der Waals surface area contributed by atoms with Crippen LogP contribution in [0.4, 0.5) is 4.79 Å². The fourth-order valence-electron chi connectivity index (χ4n) is 2.87. The number of nitrogens with one attached hydrogen (secondary N) is 2. The zero-order valence-corrected chi connectivity index (χ0v) is 19.7. The second kappa shape index (κ2) is 12.1. The van der Waals surface area contributed by atoms with Gasteiger partial charge in [0, 0.05) is 25.4 Å². The number of ether oxygens (including phenoxy) is 2. The Morgan fingerprint density at radius 1 is 1.00 bits per heavy atom. The van der Waals surface area contributed by atoms with Crippen molar-refractivity contribution in [2.45, 2.75) is 65.7 Å². The van der Waals surface area contributed by atoms with Gasteiger partial charge in [-0.15, -0.1) is 0 Å². The molecule has 0 saturated heterocycles. The number of pyridine rings is 1. The van der Waals surface area contributed by atoms with E-state index in [0.717, 1.165) is 23.3 Å². The molecule has 2 N–H and O–H groups in total. The van der Waals surface area contributed by atoms with Crippen LogP contribution in [-0.4, -0.2) is 35.2 Å². The van der Waals surface area contributed by atoms with Crippen LogP contribution in [0.5, 0.6) is 5.75 Å². The molecule has 0 unspecified atom stereocenters. The largest absolute Gasteiger partial charge is 0.489 e. The number of alkyl carbamates (subject to hydrolysis) is 1. The Balaban J connectivity index is 1.99. The van der Waals surface area contributed by atoms with Gasteiger partial charge in [-0.1, -0.05) is 26.0 Å². The Kier molecular flexibility index (Phi) is 9.50. The molecule has 1 atom stereocenters. The van der Waals surface area contributed by atoms with Crippen LogP contribution in [0.15, 0.2) is 48.8 Å². The number of hydrogen-bond donors (Lipinski definition) is 2. The molecule has 0 fully saturated rings. The van der Waals surface area contributed by atoms with Gasteiger partial charge in [0.15, 0.2) is 0 Å². The normalized spacial score (nSPS) is 12.2. The van der Waals surface area contributed by atoms with Crippen LogP contribution in [-0.2, 0) is 22.6 Å². The van der Waals surface area contributed by atoms with Crippen LogP contribution in [0.25, 0.3) is 0 Å². The van der Waals surface area contributed by atoms with Crippen molar-refractivity contribution in [1.29, 1.82) is 0 Å². The topological polar surface area (TPSA) is 89.5 Å². The second-order valence-corrected chi connectivity index (χ2v) is 9.16. The molecule has 2 aromatic rings. The monoisotopic (exact) mass is 441 g/mol. The van der Waals surface area contributed by atoms with Crippen LogP contribution < -0.4 is 15.4 Å². The van der Waals surface area contributed by atoms with Gasteiger partial charge in [0.25, 0.3) is 0 Å². The molecule has 174 valence electrons. The zero-order chi connectivity index (χ0) is 23.6. The molecule has 0 spiro atoms. The predicted octanol–water partition coefficient (Wildman–Crippen LogP) is 4.26. The molecule has 1 aromatic carbocycles. The average Bonchev–Trinajstić information content (AvgIpc) is 2.72. The number of carbonyl (C=O) groups excluding carboxylic acids is 2. The maximum absolute atomic E-state index is 12.7. The third kappa shape index (κ3) is 9.81. The maximum Gasteiger partial charge on any atom is 0.408 e. The first-order chi connectivity index (χ1) is 15.1. The molecule has 2 amide bonds. The highest BCUT2D eigenvalue weighted by atomic mass is 16.6. The summed E-state index contributed by atoms with van der Waals surface area (Å²) in [5, 5.41) is 5.62. The number of aromatic nitrogens is 1. The van der Waals surface area contributed by atoms with Crippen molar-refractivity contribution in [3.8, 4) is 5.75 Å². The summed E-state index contributed by atoms with van der Waals surface area (Å²) in [7, 11) is 0. The minimum absolute atomic E-state index is 0.227. The summed E-state index contributed by atoms with van der Waals surface area (Å²) in [6.07, 6.45) is 4.06. The van der Waals surface area contributed by atoms with Gasteiger partial charge < -0.3 is 20.1 Å². The van der Waals surface area contributed by atoms with E-state index >= 15 is 0 Å². The first-order valence-corrected chi connectivity index (χ1v) is 11.0. The SMILES string of the molecule is CC(C)CCNC(=O)[C@H](Cc1ccc(OCc2ccncc2)cc1)NC(=O)OC(C)(C)C. The highest BCUT2D eigenvalue weighted by molar-refractivity contribution is 5.86. The van der Waals surface area contributed by atoms with E-state index in [2.05, 4.69) is 29.5 Å². The van der Waals surface area contributed by atoms with E-state index in [1.54, 1.807) is 33.2 Å². The summed E-state index contributed by atoms with van der Waals surface area (Å²) in [4.78, 5) is 29.0. The summed E-state index contributed by atoms with van der Waals surface area (Å²) in [5.74, 6) is 0.977. The Labute approximate surface area is 190 Å². The first kappa shape index (κ1) is 25.2. The van der Waals surface area contributed by atoms with E-state index < -0.39 is 17.7 Å². The Bertz CT molecular complexity index is 846. The lowest BCUT2D eigenvalue weighted by molar-refractivity contribution is -0.123. The fraction of sp³-hybridized carbons (Fsp3) is 0.480. The van der Waals surface area contributed by atoms with Crippen molar-refractivity contribution >= 4 is 12.0 Å². The molecule has 32 heavy (non-hydrogen) atoms. The molecular weight excluding hydrogens is 406 g/mol. The van der Waals surface area contributed by atoms with Crippen LogP contribution in [0, 0.1) is 5.92 Å². The maximum atomic E-state index is 12.7. The number of nitrogens with zero attached hydrogens (tertiary/aromatic N) is 1. The number of rotatable bonds is 10. The third-order valence-electron chi connectivity index (χ3n) is 4.55. The Morgan fingerprint density at radius 2 is 1.66 bits per heavy atom. The summed E-state index contributed by atoms with van der Waals surface area (Å²) >= 11 is 0. The standard InChI is InChI=1S/C25H35N3O4/c1-18(2)10-15-27-23(29)22(28-24(30)32-25(3,4)5)16-19-6-8-21(9-7-19)31-17-20-11-13-26-14-12-20/h6-9,11-14,18,22H,10,15-17H2,1-5H3,(H,27,29)(H,28,30)/t22-/m0/s1. The summed E-state index contributed by atoms with van der Waals surface area (Å²) in [6, 6.07) is 10.6. The minimum Gasteiger partial charge on any atom is -0.489 e. The summed E-state index contributed by atoms with van der Waals surface area (Å²) < 4.78 is 11.1. The molecule has 0 aliphatic heterocycles. The lowest BCUT2D eigenvalue weighted by Gasteiger charge is -2.23. The molecule has 0 aliphatic rings. The Morgan fingerprint density at radius 3 is 2.25 bits per heavy atom. The first-order valence-electron chi connectivity index (χ1n) is 11.0. The molecule has 0 saturated carbocycles. The van der Waals surface area contributed by atoms with E-state index in [4.69, 9.17) is 9.47 Å². The van der Waals surface area contributed by atoms with Gasteiger partial charge >= 0.3 is 6.09 Å². The average molecular weight is 442 g/mol. The lowest BCUT2D eigenvalue weighted by atomic mass is 10.0. The van der Waals surface area contributed by atoms with Crippen molar-refractivity contribution in [2.24, 2.45) is 5.92 Å². The van der Waals surface area contributed by atoms with E-state index in [1.807, 2.05) is 36.4 Å². The molecule has 0 radical (unpaired) electrons. The fourth-order valence-corrected chi connectivity index (χ4v) is 2.87. The number of amides is 2. The molecule has 7 heteroatoms. The van der Waals surface area contributed by atoms with E-state index in [0.29, 0.717) is 25.5 Å². The zero-order valence-electron chi connectivity index (χ0n) is 19.7. The van der Waals surface area contributed by atoms with Gasteiger partial charge in [-0.3, -0.25) is 9.78 Å². The Hall–Kier alpha value is -3.09. The van der Waals surface area contributed by atoms with Gasteiger partial charge in [0.1, 0.15) is 24.0 Å². The predicted molar refractivity (Wildman–Crippen MR) is 124 cm³/mol. The van der Waals surface area contributed by atoms with Crippen molar-refractivity contribution < 1.29 is 19.1 Å². The van der Waals surface area contributed by atoms with Gasteiger partial charge in [-0.05, 0) is 68.5 Å². The van der Waals surface area contributed by atoms with Crippen LogP contribution in [0.2, 0.25) is 0 Å². The van der Waals surface area contributed by atoms with Crippen molar-refractivity contribution in [3.63, 3.8) is 0 Å². The number of hydrogen-bond acceptors (Lipinski definition) is 5. The quantitative estimate of drug-likeness (QED) is 0.575. The van der Waals surface area contributed by atoms with E-state index in [9.17, 15) is 9.59 Å². The number of carbonyl (C=O) groups is 2. The molecular formula is C25H35N3O4. The van der Waals surface area contributed by atoms with Crippen molar-refractivity contribution in [3.05, 3.63) is 59.9 Å². The van der Waals surface area contributed by atoms with Gasteiger partial charge in [-0.2, -0.15) is 0 Å². The summed E-state index contributed by atoms with van der Waals surface area (Å²) in [6.45, 7) is 10.6. The molecule has 2 rings (SSSR count). The van der Waals surface area contributed by atoms with Crippen molar-refractivity contribution in [2.75, 3.05) is 6.54 Å². The second-order valence-electron chi connectivity index (χ2n) is 9.16. The highest BCUT2D eigenvalue weighted by Crippen LogP contribution is 2.16. The highest BCUT2D eigenvalue weighted by Gasteiger charge is 2.24. The van der Waals surface area contributed by atoms with Crippen LogP contribution >= 0.6 is 0 Å². The number of benzene rings is 1. The smallest absolute Gasteiger partial charge is 0.408 e. The molecule has 0 aliphatic carbocycles. The molecule has 1 heterocycles. The third-order valence-corrected chi connectivity index (χ3v) is 4.55. The lowest BCUT2D eigenvalue weighted by Crippen LogP contribution is -2.49. The molecule has 0 bridgehead atoms. The van der Waals surface area contributed by atoms with Gasteiger partial charge in [-0.25, -0.2) is 4.79 Å².